The zero-order chi connectivity index (χ0) is 10.5. The molecule has 2 aromatic rings. The SMILES string of the molecule is CSCCNc1nccc2ccccc12. The second-order valence-corrected chi connectivity index (χ2v) is 4.29. The summed E-state index contributed by atoms with van der Waals surface area (Å²) in [7, 11) is 0. The van der Waals surface area contributed by atoms with Crippen molar-refractivity contribution in [3.8, 4) is 0 Å². The van der Waals surface area contributed by atoms with Gasteiger partial charge in [0.05, 0.1) is 0 Å². The number of aromatic nitrogens is 1. The van der Waals surface area contributed by atoms with Gasteiger partial charge < -0.3 is 5.32 Å². The molecule has 0 radical (unpaired) electrons. The van der Waals surface area contributed by atoms with Crippen molar-refractivity contribution in [2.75, 3.05) is 23.9 Å². The zero-order valence-electron chi connectivity index (χ0n) is 8.73. The fourth-order valence-electron chi connectivity index (χ4n) is 1.53. The molecule has 1 aromatic carbocycles. The molecule has 2 nitrogen and oxygen atoms in total. The highest BCUT2D eigenvalue weighted by Crippen LogP contribution is 2.19. The lowest BCUT2D eigenvalue weighted by atomic mass is 10.1. The summed E-state index contributed by atoms with van der Waals surface area (Å²) in [5.74, 6) is 2.09. The van der Waals surface area contributed by atoms with Crippen LogP contribution >= 0.6 is 11.8 Å². The lowest BCUT2D eigenvalue weighted by Crippen LogP contribution is -2.05. The van der Waals surface area contributed by atoms with Crippen LogP contribution in [0.1, 0.15) is 0 Å². The molecule has 0 aliphatic rings. The van der Waals surface area contributed by atoms with Gasteiger partial charge in [-0.1, -0.05) is 24.3 Å². The summed E-state index contributed by atoms with van der Waals surface area (Å²) in [5.41, 5.74) is 0. The minimum absolute atomic E-state index is 0.960. The van der Waals surface area contributed by atoms with Crippen molar-refractivity contribution in [1.29, 1.82) is 0 Å². The lowest BCUT2D eigenvalue weighted by Gasteiger charge is -2.07. The van der Waals surface area contributed by atoms with Crippen LogP contribution < -0.4 is 5.32 Å². The van der Waals surface area contributed by atoms with Gasteiger partial charge in [0.15, 0.2) is 0 Å². The number of fused-ring (bicyclic) bond motifs is 1. The fourth-order valence-corrected chi connectivity index (χ4v) is 1.84. The first-order chi connectivity index (χ1) is 7.42. The number of hydrogen-bond donors (Lipinski definition) is 1. The Bertz CT molecular complexity index is 437. The lowest BCUT2D eigenvalue weighted by molar-refractivity contribution is 1.18. The maximum absolute atomic E-state index is 4.36. The Balaban J connectivity index is 2.26. The summed E-state index contributed by atoms with van der Waals surface area (Å²) in [5, 5.41) is 5.79. The highest BCUT2D eigenvalue weighted by Gasteiger charge is 1.99. The molecule has 1 heterocycles. The van der Waals surface area contributed by atoms with Gasteiger partial charge in [-0.2, -0.15) is 11.8 Å². The van der Waals surface area contributed by atoms with E-state index in [2.05, 4.69) is 28.7 Å². The van der Waals surface area contributed by atoms with Gasteiger partial charge in [-0.25, -0.2) is 4.98 Å². The molecule has 0 atom stereocenters. The fraction of sp³-hybridized carbons (Fsp3) is 0.250. The topological polar surface area (TPSA) is 24.9 Å². The molecule has 0 fully saturated rings. The molecular formula is C12H14N2S. The van der Waals surface area contributed by atoms with Gasteiger partial charge in [0, 0.05) is 23.9 Å². The van der Waals surface area contributed by atoms with Crippen molar-refractivity contribution in [3.05, 3.63) is 36.5 Å². The van der Waals surface area contributed by atoms with Crippen molar-refractivity contribution >= 4 is 28.4 Å². The maximum atomic E-state index is 4.36. The molecule has 1 aromatic heterocycles. The molecule has 0 unspecified atom stereocenters. The Hall–Kier alpha value is -1.22. The van der Waals surface area contributed by atoms with Crippen LogP contribution in [0.5, 0.6) is 0 Å². The van der Waals surface area contributed by atoms with E-state index in [4.69, 9.17) is 0 Å². The number of benzene rings is 1. The number of nitrogens with one attached hydrogen (secondary N) is 1. The largest absolute Gasteiger partial charge is 0.369 e. The number of anilines is 1. The highest BCUT2D eigenvalue weighted by atomic mass is 32.2. The van der Waals surface area contributed by atoms with Gasteiger partial charge in [0.25, 0.3) is 0 Å². The molecular weight excluding hydrogens is 204 g/mol. The van der Waals surface area contributed by atoms with E-state index in [-0.39, 0.29) is 0 Å². The monoisotopic (exact) mass is 218 g/mol. The Labute approximate surface area is 94.1 Å². The van der Waals surface area contributed by atoms with Gasteiger partial charge in [-0.05, 0) is 17.7 Å². The summed E-state index contributed by atoms with van der Waals surface area (Å²) in [6.45, 7) is 0.960. The number of nitrogens with zero attached hydrogens (tertiary/aromatic N) is 1. The average Bonchev–Trinajstić information content (AvgIpc) is 2.30. The smallest absolute Gasteiger partial charge is 0.133 e. The molecule has 1 N–H and O–H groups in total. The second kappa shape index (κ2) is 5.03. The first kappa shape index (κ1) is 10.3. The Morgan fingerprint density at radius 1 is 1.27 bits per heavy atom. The van der Waals surface area contributed by atoms with Gasteiger partial charge in [0.2, 0.25) is 0 Å². The number of rotatable bonds is 4. The Kier molecular flexibility index (Phi) is 3.45. The Morgan fingerprint density at radius 3 is 3.00 bits per heavy atom. The number of thioether (sulfide) groups is 1. The van der Waals surface area contributed by atoms with E-state index in [1.807, 2.05) is 36.2 Å². The normalized spacial score (nSPS) is 10.5. The molecule has 78 valence electrons. The van der Waals surface area contributed by atoms with Crippen LogP contribution in [0.2, 0.25) is 0 Å². The molecule has 0 spiro atoms. The third-order valence-electron chi connectivity index (χ3n) is 2.27. The molecule has 15 heavy (non-hydrogen) atoms. The van der Waals surface area contributed by atoms with Gasteiger partial charge in [-0.15, -0.1) is 0 Å². The van der Waals surface area contributed by atoms with E-state index in [0.717, 1.165) is 18.1 Å². The third-order valence-corrected chi connectivity index (χ3v) is 2.88. The number of pyridine rings is 1. The zero-order valence-corrected chi connectivity index (χ0v) is 9.55. The third kappa shape index (κ3) is 2.42. The van der Waals surface area contributed by atoms with Crippen molar-refractivity contribution < 1.29 is 0 Å². The average molecular weight is 218 g/mol. The van der Waals surface area contributed by atoms with Crippen LogP contribution in [-0.2, 0) is 0 Å². The van der Waals surface area contributed by atoms with E-state index in [1.54, 1.807) is 0 Å². The number of hydrogen-bond acceptors (Lipinski definition) is 3. The molecule has 2 rings (SSSR count). The molecule has 0 saturated heterocycles. The quantitative estimate of drug-likeness (QED) is 0.798. The minimum Gasteiger partial charge on any atom is -0.369 e. The Morgan fingerprint density at radius 2 is 2.13 bits per heavy atom. The van der Waals surface area contributed by atoms with Crippen molar-refractivity contribution in [3.63, 3.8) is 0 Å². The van der Waals surface area contributed by atoms with Gasteiger partial charge >= 0.3 is 0 Å². The first-order valence-corrected chi connectivity index (χ1v) is 6.38. The summed E-state index contributed by atoms with van der Waals surface area (Å²) in [4.78, 5) is 4.36. The van der Waals surface area contributed by atoms with Crippen molar-refractivity contribution in [1.82, 2.24) is 4.98 Å². The van der Waals surface area contributed by atoms with Crippen LogP contribution in [0.15, 0.2) is 36.5 Å². The van der Waals surface area contributed by atoms with E-state index in [0.29, 0.717) is 0 Å². The predicted octanol–water partition coefficient (Wildman–Crippen LogP) is 3.01. The molecule has 0 aliphatic carbocycles. The van der Waals surface area contributed by atoms with Crippen molar-refractivity contribution in [2.45, 2.75) is 0 Å². The van der Waals surface area contributed by atoms with E-state index >= 15 is 0 Å². The maximum Gasteiger partial charge on any atom is 0.133 e. The standard InChI is InChI=1S/C12H14N2S/c1-15-9-8-14-12-11-5-3-2-4-10(11)6-7-13-12/h2-7H,8-9H2,1H3,(H,13,14). The minimum atomic E-state index is 0.960. The van der Waals surface area contributed by atoms with Crippen LogP contribution in [0, 0.1) is 0 Å². The van der Waals surface area contributed by atoms with Crippen LogP contribution in [0.4, 0.5) is 5.82 Å². The molecule has 0 bridgehead atoms. The van der Waals surface area contributed by atoms with Crippen molar-refractivity contribution in [2.24, 2.45) is 0 Å². The van der Waals surface area contributed by atoms with Crippen LogP contribution in [-0.4, -0.2) is 23.5 Å². The summed E-state index contributed by atoms with van der Waals surface area (Å²) < 4.78 is 0. The molecule has 3 heteroatoms. The van der Waals surface area contributed by atoms with Gasteiger partial charge in [-0.3, -0.25) is 0 Å². The van der Waals surface area contributed by atoms with E-state index < -0.39 is 0 Å². The van der Waals surface area contributed by atoms with E-state index in [9.17, 15) is 0 Å². The molecule has 0 saturated carbocycles. The summed E-state index contributed by atoms with van der Waals surface area (Å²) >= 11 is 1.84. The van der Waals surface area contributed by atoms with Crippen LogP contribution in [0.3, 0.4) is 0 Å². The predicted molar refractivity (Wildman–Crippen MR) is 68.6 cm³/mol. The molecule has 0 amide bonds. The summed E-state index contributed by atoms with van der Waals surface area (Å²) in [6.07, 6.45) is 3.96. The van der Waals surface area contributed by atoms with Crippen LogP contribution in [0.25, 0.3) is 10.8 Å². The summed E-state index contributed by atoms with van der Waals surface area (Å²) in [6, 6.07) is 10.3. The van der Waals surface area contributed by atoms with Gasteiger partial charge in [0.1, 0.15) is 5.82 Å². The van der Waals surface area contributed by atoms with E-state index in [1.165, 1.54) is 10.8 Å². The highest BCUT2D eigenvalue weighted by molar-refractivity contribution is 7.98. The molecule has 0 aliphatic heterocycles. The second-order valence-electron chi connectivity index (χ2n) is 3.30. The first-order valence-electron chi connectivity index (χ1n) is 4.98.